The van der Waals surface area contributed by atoms with Crippen LogP contribution in [0.25, 0.3) is 10.8 Å². The van der Waals surface area contributed by atoms with E-state index in [-0.39, 0.29) is 35.9 Å². The second kappa shape index (κ2) is 6.69. The molecule has 2 rings (SSSR count). The molecule has 4 N–H and O–H groups in total. The number of anilines is 1. The first-order valence-corrected chi connectivity index (χ1v) is 6.91. The van der Waals surface area contributed by atoms with Crippen LogP contribution in [0.5, 0.6) is 0 Å². The molecule has 0 unspecified atom stereocenters. The third-order valence-electron chi connectivity index (χ3n) is 2.62. The molecule has 0 aliphatic rings. The molecule has 0 saturated carbocycles. The zero-order valence-electron chi connectivity index (χ0n) is 11.6. The molecule has 0 fully saturated rings. The van der Waals surface area contributed by atoms with Crippen LogP contribution in [-0.4, -0.2) is 26.1 Å². The zero-order valence-corrected chi connectivity index (χ0v) is 13.4. The van der Waals surface area contributed by atoms with Crippen LogP contribution >= 0.6 is 0 Å². The van der Waals surface area contributed by atoms with Gasteiger partial charge in [0.2, 0.25) is 0 Å². The quantitative estimate of drug-likeness (QED) is 0.474. The van der Waals surface area contributed by atoms with E-state index in [1.54, 1.807) is 24.3 Å². The third-order valence-corrected chi connectivity index (χ3v) is 3.53. The SMILES string of the molecule is NCCNc1cccc2c(S(=O)(=O)O)cccc12.[H-].[Na+]. The fourth-order valence-electron chi connectivity index (χ4n) is 1.87. The molecule has 0 spiro atoms. The van der Waals surface area contributed by atoms with E-state index in [0.29, 0.717) is 18.5 Å². The minimum atomic E-state index is -4.22. The van der Waals surface area contributed by atoms with Crippen LogP contribution in [-0.2, 0) is 10.1 Å². The van der Waals surface area contributed by atoms with E-state index in [0.717, 1.165) is 11.1 Å². The molecule has 0 saturated heterocycles. The van der Waals surface area contributed by atoms with E-state index in [1.165, 1.54) is 6.07 Å². The second-order valence-electron chi connectivity index (χ2n) is 3.85. The molecule has 0 amide bonds. The normalized spacial score (nSPS) is 11.1. The summed E-state index contributed by atoms with van der Waals surface area (Å²) in [5.41, 5.74) is 6.22. The van der Waals surface area contributed by atoms with Crippen molar-refractivity contribution in [2.24, 2.45) is 5.73 Å². The molecule has 5 nitrogen and oxygen atoms in total. The van der Waals surface area contributed by atoms with Gasteiger partial charge < -0.3 is 12.5 Å². The summed E-state index contributed by atoms with van der Waals surface area (Å²) in [5, 5.41) is 4.34. The van der Waals surface area contributed by atoms with Crippen molar-refractivity contribution in [3.05, 3.63) is 36.4 Å². The molecule has 0 radical (unpaired) electrons. The summed E-state index contributed by atoms with van der Waals surface area (Å²) in [6.07, 6.45) is 0. The van der Waals surface area contributed by atoms with Crippen LogP contribution in [0.4, 0.5) is 5.69 Å². The maximum absolute atomic E-state index is 11.3. The van der Waals surface area contributed by atoms with Gasteiger partial charge in [-0.25, -0.2) is 0 Å². The first kappa shape index (κ1) is 16.4. The largest absolute Gasteiger partial charge is 1.00 e. The Morgan fingerprint density at radius 3 is 2.42 bits per heavy atom. The van der Waals surface area contributed by atoms with E-state index in [9.17, 15) is 13.0 Å². The third kappa shape index (κ3) is 3.68. The summed E-state index contributed by atoms with van der Waals surface area (Å²) in [5.74, 6) is 0. The Balaban J connectivity index is 0.00000180. The summed E-state index contributed by atoms with van der Waals surface area (Å²) in [6, 6.07) is 10.00. The molecule has 2 aromatic carbocycles. The van der Waals surface area contributed by atoms with Crippen molar-refractivity contribution in [3.63, 3.8) is 0 Å². The Hall–Kier alpha value is -0.630. The molecule has 0 atom stereocenters. The fourth-order valence-corrected chi connectivity index (χ4v) is 2.57. The molecule has 0 aliphatic carbocycles. The first-order valence-electron chi connectivity index (χ1n) is 5.47. The standard InChI is InChI=1S/C12H14N2O3S.Na.H/c13-7-8-14-11-5-1-4-10-9(11)3-2-6-12(10)18(15,16)17;;/h1-6,14H,7-8,13H2,(H,15,16,17);;/q;+1;-1. The average Bonchev–Trinajstić information content (AvgIpc) is 2.34. The minimum absolute atomic E-state index is 0. The Kier molecular flexibility index (Phi) is 5.79. The van der Waals surface area contributed by atoms with Crippen LogP contribution in [0.2, 0.25) is 0 Å². The molecular weight excluding hydrogens is 275 g/mol. The van der Waals surface area contributed by atoms with Gasteiger partial charge in [0.25, 0.3) is 10.1 Å². The van der Waals surface area contributed by atoms with Crippen LogP contribution < -0.4 is 40.6 Å². The zero-order chi connectivity index (χ0) is 13.2. The molecule has 0 aromatic heterocycles. The van der Waals surface area contributed by atoms with Gasteiger partial charge in [-0.1, -0.05) is 24.3 Å². The van der Waals surface area contributed by atoms with Crippen LogP contribution in [0.1, 0.15) is 1.43 Å². The van der Waals surface area contributed by atoms with Gasteiger partial charge in [-0.3, -0.25) is 4.55 Å². The number of nitrogens with two attached hydrogens (primary N) is 1. The van der Waals surface area contributed by atoms with Crippen molar-refractivity contribution < 1.29 is 44.0 Å². The molecule has 7 heteroatoms. The Labute approximate surface area is 135 Å². The smallest absolute Gasteiger partial charge is 1.00 e. The van der Waals surface area contributed by atoms with Gasteiger partial charge in [-0.05, 0) is 12.1 Å². The second-order valence-corrected chi connectivity index (χ2v) is 5.24. The van der Waals surface area contributed by atoms with Gasteiger partial charge in [-0.2, -0.15) is 8.42 Å². The Bertz CT molecular complexity index is 679. The summed E-state index contributed by atoms with van der Waals surface area (Å²) in [7, 11) is -4.22. The molecule has 19 heavy (non-hydrogen) atoms. The molecular formula is C12H15N2NaO3S. The van der Waals surface area contributed by atoms with Crippen molar-refractivity contribution in [3.8, 4) is 0 Å². The van der Waals surface area contributed by atoms with Crippen LogP contribution in [0.3, 0.4) is 0 Å². The van der Waals surface area contributed by atoms with Gasteiger partial charge >= 0.3 is 29.6 Å². The van der Waals surface area contributed by atoms with E-state index >= 15 is 0 Å². The van der Waals surface area contributed by atoms with Gasteiger partial charge in [0.1, 0.15) is 4.90 Å². The molecule has 98 valence electrons. The summed E-state index contributed by atoms with van der Waals surface area (Å²) in [6.45, 7) is 1.07. The molecule has 0 aliphatic heterocycles. The number of nitrogens with one attached hydrogen (secondary N) is 1. The van der Waals surface area contributed by atoms with Gasteiger partial charge in [0.05, 0.1) is 0 Å². The maximum atomic E-state index is 11.3. The summed E-state index contributed by atoms with van der Waals surface area (Å²) >= 11 is 0. The van der Waals surface area contributed by atoms with E-state index in [1.807, 2.05) is 6.07 Å². The minimum Gasteiger partial charge on any atom is -1.00 e. The van der Waals surface area contributed by atoms with E-state index in [4.69, 9.17) is 5.73 Å². The molecule has 2 aromatic rings. The predicted molar refractivity (Wildman–Crippen MR) is 72.4 cm³/mol. The number of hydrogen-bond acceptors (Lipinski definition) is 4. The predicted octanol–water partition coefficient (Wildman–Crippen LogP) is -1.43. The number of hydrogen-bond donors (Lipinski definition) is 3. The van der Waals surface area contributed by atoms with Crippen LogP contribution in [0.15, 0.2) is 41.3 Å². The van der Waals surface area contributed by atoms with Gasteiger partial charge in [-0.15, -0.1) is 0 Å². The number of fused-ring (bicyclic) bond motifs is 1. The number of rotatable bonds is 4. The fraction of sp³-hybridized carbons (Fsp3) is 0.167. The van der Waals surface area contributed by atoms with Crippen molar-refractivity contribution >= 4 is 26.6 Å². The van der Waals surface area contributed by atoms with E-state index < -0.39 is 10.1 Å². The number of benzene rings is 2. The van der Waals surface area contributed by atoms with E-state index in [2.05, 4.69) is 5.32 Å². The van der Waals surface area contributed by atoms with Gasteiger partial charge in [0.15, 0.2) is 0 Å². The summed E-state index contributed by atoms with van der Waals surface area (Å²) in [4.78, 5) is -0.0867. The van der Waals surface area contributed by atoms with Crippen molar-refractivity contribution in [1.29, 1.82) is 0 Å². The van der Waals surface area contributed by atoms with Crippen molar-refractivity contribution in [1.82, 2.24) is 0 Å². The topological polar surface area (TPSA) is 92.4 Å². The monoisotopic (exact) mass is 290 g/mol. The Morgan fingerprint density at radius 2 is 1.79 bits per heavy atom. The van der Waals surface area contributed by atoms with Crippen molar-refractivity contribution in [2.75, 3.05) is 18.4 Å². The molecule has 0 heterocycles. The average molecular weight is 290 g/mol. The summed E-state index contributed by atoms with van der Waals surface area (Å²) < 4.78 is 31.8. The molecule has 0 bridgehead atoms. The van der Waals surface area contributed by atoms with Crippen LogP contribution in [0, 0.1) is 0 Å². The van der Waals surface area contributed by atoms with Gasteiger partial charge in [0, 0.05) is 29.5 Å². The first-order chi connectivity index (χ1) is 8.54. The Morgan fingerprint density at radius 1 is 1.16 bits per heavy atom. The van der Waals surface area contributed by atoms with Crippen molar-refractivity contribution in [2.45, 2.75) is 4.90 Å². The maximum Gasteiger partial charge on any atom is 1.00 e.